The van der Waals surface area contributed by atoms with Gasteiger partial charge >= 0.3 is 0 Å². The Hall–Kier alpha value is -2.76. The average Bonchev–Trinajstić information content (AvgIpc) is 3.36. The van der Waals surface area contributed by atoms with Crippen molar-refractivity contribution < 1.29 is 18.7 Å². The van der Waals surface area contributed by atoms with Crippen molar-refractivity contribution in [3.63, 3.8) is 0 Å². The topological polar surface area (TPSA) is 63.0 Å². The Morgan fingerprint density at radius 3 is 2.67 bits per heavy atom. The van der Waals surface area contributed by atoms with Crippen LogP contribution in [0.3, 0.4) is 0 Å². The summed E-state index contributed by atoms with van der Waals surface area (Å²) < 4.78 is 11.0. The molecule has 0 unspecified atom stereocenters. The predicted molar refractivity (Wildman–Crippen MR) is 99.5 cm³/mol. The van der Waals surface area contributed by atoms with Crippen LogP contribution < -0.4 is 4.74 Å². The van der Waals surface area contributed by atoms with E-state index in [9.17, 15) is 9.59 Å². The van der Waals surface area contributed by atoms with Gasteiger partial charge in [-0.05, 0) is 43.0 Å². The van der Waals surface area contributed by atoms with Crippen LogP contribution in [0.2, 0.25) is 0 Å². The first-order valence-electron chi connectivity index (χ1n) is 9.56. The molecule has 1 aromatic carbocycles. The summed E-state index contributed by atoms with van der Waals surface area (Å²) in [4.78, 5) is 28.6. The molecule has 0 radical (unpaired) electrons. The van der Waals surface area contributed by atoms with Crippen LogP contribution in [0, 0.1) is 0 Å². The maximum Gasteiger partial charge on any atom is 0.289 e. The summed E-state index contributed by atoms with van der Waals surface area (Å²) >= 11 is 0. The minimum absolute atomic E-state index is 0.133. The SMILES string of the molecule is O=C(CCc1ccc2c(c1)CN(C(=O)c1ccco1)CCO2)N1CCCC1. The van der Waals surface area contributed by atoms with Crippen LogP contribution in [0.1, 0.15) is 40.9 Å². The van der Waals surface area contributed by atoms with E-state index < -0.39 is 0 Å². The van der Waals surface area contributed by atoms with Gasteiger partial charge in [-0.15, -0.1) is 0 Å². The molecule has 0 N–H and O–H groups in total. The molecule has 2 aliphatic heterocycles. The van der Waals surface area contributed by atoms with E-state index in [1.165, 1.54) is 6.26 Å². The number of hydrogen-bond acceptors (Lipinski definition) is 4. The molecule has 0 spiro atoms. The lowest BCUT2D eigenvalue weighted by molar-refractivity contribution is -0.130. The number of fused-ring (bicyclic) bond motifs is 1. The highest BCUT2D eigenvalue weighted by Crippen LogP contribution is 2.26. The normalized spacial score (nSPS) is 16.6. The lowest BCUT2D eigenvalue weighted by Gasteiger charge is -2.18. The number of rotatable bonds is 4. The van der Waals surface area contributed by atoms with Gasteiger partial charge in [-0.2, -0.15) is 0 Å². The van der Waals surface area contributed by atoms with E-state index >= 15 is 0 Å². The molecule has 2 aliphatic rings. The fraction of sp³-hybridized carbons (Fsp3) is 0.429. The van der Waals surface area contributed by atoms with Gasteiger partial charge in [-0.25, -0.2) is 0 Å². The third-order valence-corrected chi connectivity index (χ3v) is 5.21. The number of likely N-dealkylation sites (tertiary alicyclic amines) is 1. The lowest BCUT2D eigenvalue weighted by atomic mass is 10.0. The zero-order chi connectivity index (χ0) is 18.6. The average molecular weight is 368 g/mol. The number of hydrogen-bond donors (Lipinski definition) is 0. The molecule has 0 aliphatic carbocycles. The Balaban J connectivity index is 1.44. The molecule has 0 saturated carbocycles. The quantitative estimate of drug-likeness (QED) is 0.832. The maximum absolute atomic E-state index is 12.6. The highest BCUT2D eigenvalue weighted by atomic mass is 16.5. The molecule has 27 heavy (non-hydrogen) atoms. The van der Waals surface area contributed by atoms with Crippen LogP contribution in [0.15, 0.2) is 41.0 Å². The highest BCUT2D eigenvalue weighted by Gasteiger charge is 2.23. The summed E-state index contributed by atoms with van der Waals surface area (Å²) in [5.41, 5.74) is 2.07. The van der Waals surface area contributed by atoms with E-state index in [1.54, 1.807) is 17.0 Å². The van der Waals surface area contributed by atoms with Crippen molar-refractivity contribution in [2.24, 2.45) is 0 Å². The van der Waals surface area contributed by atoms with Gasteiger partial charge in [0.05, 0.1) is 12.8 Å². The Morgan fingerprint density at radius 1 is 1.04 bits per heavy atom. The molecular weight excluding hydrogens is 344 g/mol. The van der Waals surface area contributed by atoms with E-state index in [-0.39, 0.29) is 11.8 Å². The number of benzene rings is 1. The second kappa shape index (κ2) is 7.86. The van der Waals surface area contributed by atoms with Crippen LogP contribution in [-0.2, 0) is 17.8 Å². The molecule has 2 aromatic rings. The van der Waals surface area contributed by atoms with Crippen LogP contribution in [0.25, 0.3) is 0 Å². The van der Waals surface area contributed by atoms with Gasteiger partial charge < -0.3 is 19.0 Å². The molecule has 0 atom stereocenters. The first-order chi connectivity index (χ1) is 13.2. The number of furan rings is 1. The standard InChI is InChI=1S/C21H24N2O4/c24-20(22-9-1-2-10-22)8-6-16-5-7-18-17(14-16)15-23(11-13-27-18)21(25)19-4-3-12-26-19/h3-5,7,12,14H,1-2,6,8-11,13,15H2. The lowest BCUT2D eigenvalue weighted by Crippen LogP contribution is -2.32. The van der Waals surface area contributed by atoms with Crippen LogP contribution in [0.5, 0.6) is 5.75 Å². The summed E-state index contributed by atoms with van der Waals surface area (Å²) in [5.74, 6) is 1.24. The molecule has 2 amide bonds. The summed E-state index contributed by atoms with van der Waals surface area (Å²) in [6.45, 7) is 3.22. The van der Waals surface area contributed by atoms with Gasteiger partial charge in [-0.1, -0.05) is 12.1 Å². The van der Waals surface area contributed by atoms with Crippen molar-refractivity contribution in [1.29, 1.82) is 0 Å². The number of aryl methyl sites for hydroxylation is 1. The smallest absolute Gasteiger partial charge is 0.289 e. The van der Waals surface area contributed by atoms with Crippen molar-refractivity contribution in [1.82, 2.24) is 9.80 Å². The molecule has 4 rings (SSSR count). The highest BCUT2D eigenvalue weighted by molar-refractivity contribution is 5.91. The predicted octanol–water partition coefficient (Wildman–Crippen LogP) is 2.87. The molecule has 142 valence electrons. The summed E-state index contributed by atoms with van der Waals surface area (Å²) in [5, 5.41) is 0. The Morgan fingerprint density at radius 2 is 1.89 bits per heavy atom. The zero-order valence-electron chi connectivity index (χ0n) is 15.4. The Labute approximate surface area is 158 Å². The van der Waals surface area contributed by atoms with Crippen molar-refractivity contribution >= 4 is 11.8 Å². The van der Waals surface area contributed by atoms with Gasteiger partial charge in [0.1, 0.15) is 12.4 Å². The Bertz CT molecular complexity index is 810. The van der Waals surface area contributed by atoms with Gasteiger partial charge in [0.2, 0.25) is 5.91 Å². The first kappa shape index (κ1) is 17.6. The molecule has 6 heteroatoms. The third kappa shape index (κ3) is 3.99. The summed E-state index contributed by atoms with van der Waals surface area (Å²) in [7, 11) is 0. The van der Waals surface area contributed by atoms with Gasteiger partial charge in [0.25, 0.3) is 5.91 Å². The second-order valence-electron chi connectivity index (χ2n) is 7.08. The fourth-order valence-electron chi connectivity index (χ4n) is 3.71. The van der Waals surface area contributed by atoms with Crippen LogP contribution >= 0.6 is 0 Å². The maximum atomic E-state index is 12.6. The molecule has 1 fully saturated rings. The molecule has 3 heterocycles. The molecule has 1 aromatic heterocycles. The van der Waals surface area contributed by atoms with E-state index in [2.05, 4.69) is 6.07 Å². The summed E-state index contributed by atoms with van der Waals surface area (Å²) in [6.07, 6.45) is 4.96. The van der Waals surface area contributed by atoms with E-state index in [1.807, 2.05) is 17.0 Å². The molecule has 0 bridgehead atoms. The largest absolute Gasteiger partial charge is 0.491 e. The summed E-state index contributed by atoms with van der Waals surface area (Å²) in [6, 6.07) is 9.41. The van der Waals surface area contributed by atoms with E-state index in [0.717, 1.165) is 42.8 Å². The van der Waals surface area contributed by atoms with Gasteiger partial charge in [0.15, 0.2) is 5.76 Å². The monoisotopic (exact) mass is 368 g/mol. The Kier molecular flexibility index (Phi) is 5.14. The molecule has 1 saturated heterocycles. The third-order valence-electron chi connectivity index (χ3n) is 5.21. The van der Waals surface area contributed by atoms with E-state index in [4.69, 9.17) is 9.15 Å². The van der Waals surface area contributed by atoms with Crippen molar-refractivity contribution in [2.75, 3.05) is 26.2 Å². The van der Waals surface area contributed by atoms with Crippen molar-refractivity contribution in [3.8, 4) is 5.75 Å². The molecule has 6 nitrogen and oxygen atoms in total. The van der Waals surface area contributed by atoms with Crippen LogP contribution in [-0.4, -0.2) is 47.9 Å². The second-order valence-corrected chi connectivity index (χ2v) is 7.08. The number of ether oxygens (including phenoxy) is 1. The minimum Gasteiger partial charge on any atom is -0.491 e. The number of carbonyl (C=O) groups is 2. The number of carbonyl (C=O) groups excluding carboxylic acids is 2. The fourth-order valence-corrected chi connectivity index (χ4v) is 3.71. The van der Waals surface area contributed by atoms with Gasteiger partial charge in [0, 0.05) is 31.6 Å². The van der Waals surface area contributed by atoms with Crippen molar-refractivity contribution in [3.05, 3.63) is 53.5 Å². The zero-order valence-corrected chi connectivity index (χ0v) is 15.4. The van der Waals surface area contributed by atoms with E-state index in [0.29, 0.717) is 38.3 Å². The first-order valence-corrected chi connectivity index (χ1v) is 9.56. The molecular formula is C21H24N2O4. The van der Waals surface area contributed by atoms with Crippen molar-refractivity contribution in [2.45, 2.75) is 32.2 Å². The van der Waals surface area contributed by atoms with Gasteiger partial charge in [-0.3, -0.25) is 9.59 Å². The number of nitrogens with zero attached hydrogens (tertiary/aromatic N) is 2. The number of amides is 2. The van der Waals surface area contributed by atoms with Crippen LogP contribution in [0.4, 0.5) is 0 Å². The minimum atomic E-state index is -0.133.